The van der Waals surface area contributed by atoms with Crippen molar-refractivity contribution in [3.63, 3.8) is 0 Å². The Hall–Kier alpha value is -2.89. The third-order valence-corrected chi connectivity index (χ3v) is 4.18. The minimum Gasteiger partial charge on any atom is -0.338 e. The van der Waals surface area contributed by atoms with Crippen molar-refractivity contribution in [2.45, 2.75) is 19.4 Å². The summed E-state index contributed by atoms with van der Waals surface area (Å²) in [6.45, 7) is 1.36. The second-order valence-corrected chi connectivity index (χ2v) is 6.17. The molecule has 122 valence electrons. The summed E-state index contributed by atoms with van der Waals surface area (Å²) in [5.41, 5.74) is 2.08. The molecular formula is C18H19N5O. The van der Waals surface area contributed by atoms with E-state index in [0.717, 1.165) is 23.0 Å². The highest BCUT2D eigenvalue weighted by Gasteiger charge is 2.21. The fourth-order valence-corrected chi connectivity index (χ4v) is 2.71. The standard InChI is InChI=1S/C18H19N5O/c24-18(20-11-13-6-7-13)21-16-8-10-23(22-16)12-15-4-1-3-14-5-2-9-19-17(14)15/h1-5,8-10,13H,6-7,11-12H2,(H2,20,21,22,24). The van der Waals surface area contributed by atoms with Crippen molar-refractivity contribution in [1.82, 2.24) is 20.1 Å². The monoisotopic (exact) mass is 321 g/mol. The topological polar surface area (TPSA) is 71.8 Å². The van der Waals surface area contributed by atoms with Gasteiger partial charge in [-0.3, -0.25) is 15.0 Å². The van der Waals surface area contributed by atoms with Gasteiger partial charge in [0.1, 0.15) is 0 Å². The molecule has 0 atom stereocenters. The molecule has 3 aromatic rings. The lowest BCUT2D eigenvalue weighted by Crippen LogP contribution is -2.30. The Bertz CT molecular complexity index is 863. The number of rotatable bonds is 5. The summed E-state index contributed by atoms with van der Waals surface area (Å²) >= 11 is 0. The van der Waals surface area contributed by atoms with E-state index in [1.165, 1.54) is 12.8 Å². The van der Waals surface area contributed by atoms with Crippen LogP contribution in [-0.4, -0.2) is 27.3 Å². The maximum atomic E-state index is 11.8. The van der Waals surface area contributed by atoms with Crippen molar-refractivity contribution in [2.24, 2.45) is 5.92 Å². The summed E-state index contributed by atoms with van der Waals surface area (Å²) in [5.74, 6) is 1.21. The van der Waals surface area contributed by atoms with Gasteiger partial charge in [-0.15, -0.1) is 0 Å². The molecule has 1 saturated carbocycles. The van der Waals surface area contributed by atoms with Crippen LogP contribution >= 0.6 is 0 Å². The normalized spacial score (nSPS) is 13.8. The first-order valence-corrected chi connectivity index (χ1v) is 8.19. The largest absolute Gasteiger partial charge is 0.338 e. The van der Waals surface area contributed by atoms with E-state index < -0.39 is 0 Å². The number of nitrogens with one attached hydrogen (secondary N) is 2. The van der Waals surface area contributed by atoms with Crippen LogP contribution in [0.5, 0.6) is 0 Å². The minimum absolute atomic E-state index is 0.195. The summed E-state index contributed by atoms with van der Waals surface area (Å²) in [6, 6.07) is 11.7. The van der Waals surface area contributed by atoms with Crippen LogP contribution in [0.3, 0.4) is 0 Å². The number of urea groups is 1. The van der Waals surface area contributed by atoms with Gasteiger partial charge in [0.2, 0.25) is 0 Å². The summed E-state index contributed by atoms with van der Waals surface area (Å²) in [7, 11) is 0. The molecule has 1 aliphatic carbocycles. The summed E-state index contributed by atoms with van der Waals surface area (Å²) in [5, 5.41) is 11.2. The molecule has 24 heavy (non-hydrogen) atoms. The molecule has 2 aromatic heterocycles. The van der Waals surface area contributed by atoms with E-state index in [2.05, 4.69) is 20.7 Å². The van der Waals surface area contributed by atoms with E-state index in [4.69, 9.17) is 0 Å². The molecule has 1 aromatic carbocycles. The highest BCUT2D eigenvalue weighted by molar-refractivity contribution is 5.88. The van der Waals surface area contributed by atoms with Gasteiger partial charge < -0.3 is 5.32 Å². The van der Waals surface area contributed by atoms with Crippen molar-refractivity contribution in [3.8, 4) is 0 Å². The Morgan fingerprint density at radius 1 is 1.21 bits per heavy atom. The molecule has 2 N–H and O–H groups in total. The first kappa shape index (κ1) is 14.7. The van der Waals surface area contributed by atoms with Crippen molar-refractivity contribution in [1.29, 1.82) is 0 Å². The summed E-state index contributed by atoms with van der Waals surface area (Å²) in [4.78, 5) is 16.3. The predicted octanol–water partition coefficient (Wildman–Crippen LogP) is 3.01. The van der Waals surface area contributed by atoms with Gasteiger partial charge in [-0.05, 0) is 30.4 Å². The molecule has 0 bridgehead atoms. The van der Waals surface area contributed by atoms with Crippen LogP contribution in [0.2, 0.25) is 0 Å². The van der Waals surface area contributed by atoms with E-state index in [0.29, 0.717) is 18.3 Å². The average molecular weight is 321 g/mol. The SMILES string of the molecule is O=C(NCC1CC1)Nc1ccn(Cc2cccc3cccnc23)n1. The summed E-state index contributed by atoms with van der Waals surface area (Å²) in [6.07, 6.45) is 6.09. The number of hydrogen-bond acceptors (Lipinski definition) is 3. The number of hydrogen-bond donors (Lipinski definition) is 2. The summed E-state index contributed by atoms with van der Waals surface area (Å²) < 4.78 is 1.81. The molecular weight excluding hydrogens is 302 g/mol. The fourth-order valence-electron chi connectivity index (χ4n) is 2.71. The molecule has 0 aliphatic heterocycles. The van der Waals surface area contributed by atoms with Gasteiger partial charge in [0.25, 0.3) is 0 Å². The number of fused-ring (bicyclic) bond motifs is 1. The molecule has 0 saturated heterocycles. The molecule has 1 fully saturated rings. The molecule has 6 nitrogen and oxygen atoms in total. The van der Waals surface area contributed by atoms with Crippen molar-refractivity contribution in [3.05, 3.63) is 54.4 Å². The Morgan fingerprint density at radius 3 is 2.96 bits per heavy atom. The number of nitrogens with zero attached hydrogens (tertiary/aromatic N) is 3. The van der Waals surface area contributed by atoms with Gasteiger partial charge >= 0.3 is 6.03 Å². The predicted molar refractivity (Wildman–Crippen MR) is 92.8 cm³/mol. The number of anilines is 1. The highest BCUT2D eigenvalue weighted by atomic mass is 16.2. The second kappa shape index (κ2) is 6.31. The molecule has 2 heterocycles. The molecule has 0 radical (unpaired) electrons. The van der Waals surface area contributed by atoms with Gasteiger partial charge in [-0.2, -0.15) is 5.10 Å². The van der Waals surface area contributed by atoms with Crippen LogP contribution in [-0.2, 0) is 6.54 Å². The lowest BCUT2D eigenvalue weighted by atomic mass is 10.1. The highest BCUT2D eigenvalue weighted by Crippen LogP contribution is 2.27. The average Bonchev–Trinajstić information content (AvgIpc) is 3.33. The van der Waals surface area contributed by atoms with Crippen molar-refractivity contribution < 1.29 is 4.79 Å². The Labute approximate surface area is 139 Å². The maximum absolute atomic E-state index is 11.8. The van der Waals surface area contributed by atoms with Crippen LogP contribution in [0.15, 0.2) is 48.8 Å². The van der Waals surface area contributed by atoms with Crippen LogP contribution in [0.4, 0.5) is 10.6 Å². The number of aromatic nitrogens is 3. The third-order valence-electron chi connectivity index (χ3n) is 4.18. The third kappa shape index (κ3) is 3.37. The van der Waals surface area contributed by atoms with Crippen molar-refractivity contribution >= 4 is 22.8 Å². The van der Waals surface area contributed by atoms with Crippen LogP contribution in [0.1, 0.15) is 18.4 Å². The Morgan fingerprint density at radius 2 is 2.08 bits per heavy atom. The fraction of sp³-hybridized carbons (Fsp3) is 0.278. The van der Waals surface area contributed by atoms with E-state index >= 15 is 0 Å². The molecule has 4 rings (SSSR count). The molecule has 2 amide bonds. The number of carbonyl (C=O) groups is 1. The van der Waals surface area contributed by atoms with Gasteiger partial charge in [0.05, 0.1) is 12.1 Å². The van der Waals surface area contributed by atoms with E-state index in [1.807, 2.05) is 36.5 Å². The lowest BCUT2D eigenvalue weighted by Gasteiger charge is -2.06. The van der Waals surface area contributed by atoms with Crippen molar-refractivity contribution in [2.75, 3.05) is 11.9 Å². The van der Waals surface area contributed by atoms with Gasteiger partial charge in [0.15, 0.2) is 5.82 Å². The quantitative estimate of drug-likeness (QED) is 0.759. The van der Waals surface area contributed by atoms with E-state index in [1.54, 1.807) is 16.9 Å². The van der Waals surface area contributed by atoms with Crippen LogP contribution in [0, 0.1) is 5.92 Å². The number of para-hydroxylation sites is 1. The van der Waals surface area contributed by atoms with E-state index in [9.17, 15) is 4.79 Å². The number of pyridine rings is 1. The number of amides is 2. The Balaban J connectivity index is 1.43. The smallest absolute Gasteiger partial charge is 0.320 e. The molecule has 1 aliphatic rings. The van der Waals surface area contributed by atoms with E-state index in [-0.39, 0.29) is 6.03 Å². The van der Waals surface area contributed by atoms with Crippen LogP contribution in [0.25, 0.3) is 10.9 Å². The van der Waals surface area contributed by atoms with Gasteiger partial charge in [0, 0.05) is 30.4 Å². The first-order chi connectivity index (χ1) is 11.8. The maximum Gasteiger partial charge on any atom is 0.320 e. The van der Waals surface area contributed by atoms with Gasteiger partial charge in [-0.1, -0.05) is 24.3 Å². The number of carbonyl (C=O) groups excluding carboxylic acids is 1. The molecule has 6 heteroatoms. The zero-order chi connectivity index (χ0) is 16.4. The minimum atomic E-state index is -0.195. The molecule has 0 spiro atoms. The molecule has 0 unspecified atom stereocenters. The number of benzene rings is 1. The second-order valence-electron chi connectivity index (χ2n) is 6.17. The van der Waals surface area contributed by atoms with Gasteiger partial charge in [-0.25, -0.2) is 4.79 Å². The lowest BCUT2D eigenvalue weighted by molar-refractivity contribution is 0.251. The Kier molecular flexibility index (Phi) is 3.86. The zero-order valence-electron chi connectivity index (χ0n) is 13.3. The zero-order valence-corrected chi connectivity index (χ0v) is 13.3. The first-order valence-electron chi connectivity index (χ1n) is 8.19. The van der Waals surface area contributed by atoms with Crippen LogP contribution < -0.4 is 10.6 Å².